The molecule has 1 N–H and O–H groups in total. The second-order valence-electron chi connectivity index (χ2n) is 2.48. The van der Waals surface area contributed by atoms with E-state index in [-0.39, 0.29) is 5.75 Å². The molecule has 0 aliphatic rings. The van der Waals surface area contributed by atoms with Gasteiger partial charge in [-0.15, -0.1) is 0 Å². The maximum absolute atomic E-state index is 10.2. The highest BCUT2D eigenvalue weighted by atomic mass is 16.7. The Morgan fingerprint density at radius 2 is 2.29 bits per heavy atom. The zero-order chi connectivity index (χ0) is 10.6. The van der Waals surface area contributed by atoms with Gasteiger partial charge in [-0.25, -0.2) is 4.79 Å². The first-order valence-electron chi connectivity index (χ1n) is 3.88. The standard InChI is InChI=1S/C10H10O4/c1-3-7-4-5-8(14-10(11)12)6-9(7)13-2/h3-6H,1H2,2H3,(H,11,12). The van der Waals surface area contributed by atoms with Crippen molar-refractivity contribution in [2.45, 2.75) is 0 Å². The summed E-state index contributed by atoms with van der Waals surface area (Å²) in [6.45, 7) is 3.59. The van der Waals surface area contributed by atoms with Crippen LogP contribution < -0.4 is 9.47 Å². The minimum atomic E-state index is -1.35. The summed E-state index contributed by atoms with van der Waals surface area (Å²) in [4.78, 5) is 10.2. The number of carbonyl (C=O) groups is 1. The first kappa shape index (κ1) is 10.1. The van der Waals surface area contributed by atoms with Gasteiger partial charge in [0.05, 0.1) is 7.11 Å². The summed E-state index contributed by atoms with van der Waals surface area (Å²) in [5.74, 6) is 0.749. The summed E-state index contributed by atoms with van der Waals surface area (Å²) in [5, 5.41) is 8.37. The molecule has 0 fully saturated rings. The van der Waals surface area contributed by atoms with Gasteiger partial charge in [0.25, 0.3) is 0 Å². The molecule has 0 unspecified atom stereocenters. The van der Waals surface area contributed by atoms with Gasteiger partial charge in [-0.05, 0) is 12.1 Å². The third kappa shape index (κ3) is 2.26. The Morgan fingerprint density at radius 1 is 1.57 bits per heavy atom. The minimum Gasteiger partial charge on any atom is -0.496 e. The van der Waals surface area contributed by atoms with Crippen molar-refractivity contribution in [2.24, 2.45) is 0 Å². The van der Waals surface area contributed by atoms with E-state index in [1.807, 2.05) is 0 Å². The number of hydrogen-bond acceptors (Lipinski definition) is 3. The number of rotatable bonds is 3. The van der Waals surface area contributed by atoms with Crippen LogP contribution in [-0.4, -0.2) is 18.4 Å². The maximum atomic E-state index is 10.2. The van der Waals surface area contributed by atoms with E-state index < -0.39 is 6.16 Å². The van der Waals surface area contributed by atoms with Crippen LogP contribution in [0.2, 0.25) is 0 Å². The Labute approximate surface area is 81.4 Å². The minimum absolute atomic E-state index is 0.222. The lowest BCUT2D eigenvalue weighted by atomic mass is 10.2. The lowest BCUT2D eigenvalue weighted by Crippen LogP contribution is -2.03. The topological polar surface area (TPSA) is 55.8 Å². The highest BCUT2D eigenvalue weighted by Crippen LogP contribution is 2.25. The normalized spacial score (nSPS) is 9.21. The molecule has 0 bridgehead atoms. The smallest absolute Gasteiger partial charge is 0.496 e. The molecule has 0 heterocycles. The average Bonchev–Trinajstić information content (AvgIpc) is 2.16. The van der Waals surface area contributed by atoms with Crippen LogP contribution in [0.25, 0.3) is 6.08 Å². The van der Waals surface area contributed by atoms with E-state index in [0.717, 1.165) is 5.56 Å². The summed E-state index contributed by atoms with van der Waals surface area (Å²) in [6, 6.07) is 4.70. The van der Waals surface area contributed by atoms with Gasteiger partial charge in [0.1, 0.15) is 11.5 Å². The predicted molar refractivity (Wildman–Crippen MR) is 51.7 cm³/mol. The SMILES string of the molecule is C=Cc1ccc(OC(=O)O)cc1OC. The fraction of sp³-hybridized carbons (Fsp3) is 0.100. The summed E-state index contributed by atoms with van der Waals surface area (Å²) in [7, 11) is 1.49. The second kappa shape index (κ2) is 4.32. The second-order valence-corrected chi connectivity index (χ2v) is 2.48. The molecule has 0 atom stereocenters. The van der Waals surface area contributed by atoms with Crippen LogP contribution in [0.15, 0.2) is 24.8 Å². The molecule has 1 aromatic rings. The van der Waals surface area contributed by atoms with E-state index in [9.17, 15) is 4.79 Å². The van der Waals surface area contributed by atoms with E-state index in [1.165, 1.54) is 19.2 Å². The summed E-state index contributed by atoms with van der Waals surface area (Å²) >= 11 is 0. The molecule has 0 saturated heterocycles. The van der Waals surface area contributed by atoms with Crippen LogP contribution >= 0.6 is 0 Å². The highest BCUT2D eigenvalue weighted by Gasteiger charge is 2.05. The zero-order valence-electron chi connectivity index (χ0n) is 7.69. The highest BCUT2D eigenvalue weighted by molar-refractivity contribution is 5.63. The third-order valence-corrected chi connectivity index (χ3v) is 1.63. The van der Waals surface area contributed by atoms with Crippen LogP contribution in [-0.2, 0) is 0 Å². The van der Waals surface area contributed by atoms with Crippen LogP contribution in [0.1, 0.15) is 5.56 Å². The molecule has 4 heteroatoms. The zero-order valence-corrected chi connectivity index (χ0v) is 7.69. The summed E-state index contributed by atoms with van der Waals surface area (Å²) in [5.41, 5.74) is 0.783. The van der Waals surface area contributed by atoms with Gasteiger partial charge in [0, 0.05) is 11.6 Å². The van der Waals surface area contributed by atoms with Gasteiger partial charge >= 0.3 is 6.16 Å². The molecule has 1 aromatic carbocycles. The predicted octanol–water partition coefficient (Wildman–Crippen LogP) is 2.40. The van der Waals surface area contributed by atoms with E-state index in [0.29, 0.717) is 5.75 Å². The molecule has 0 amide bonds. The fourth-order valence-corrected chi connectivity index (χ4v) is 1.02. The van der Waals surface area contributed by atoms with Crippen molar-refractivity contribution < 1.29 is 19.4 Å². The van der Waals surface area contributed by atoms with E-state index in [4.69, 9.17) is 9.84 Å². The number of ether oxygens (including phenoxy) is 2. The van der Waals surface area contributed by atoms with E-state index in [2.05, 4.69) is 11.3 Å². The molecule has 4 nitrogen and oxygen atoms in total. The van der Waals surface area contributed by atoms with Crippen molar-refractivity contribution >= 4 is 12.2 Å². The van der Waals surface area contributed by atoms with Gasteiger partial charge in [-0.1, -0.05) is 12.7 Å². The maximum Gasteiger partial charge on any atom is 0.511 e. The van der Waals surface area contributed by atoms with Crippen molar-refractivity contribution in [3.05, 3.63) is 30.3 Å². The van der Waals surface area contributed by atoms with Gasteiger partial charge in [-0.2, -0.15) is 0 Å². The first-order valence-corrected chi connectivity index (χ1v) is 3.88. The molecular formula is C10H10O4. The van der Waals surface area contributed by atoms with Crippen molar-refractivity contribution in [1.82, 2.24) is 0 Å². The Morgan fingerprint density at radius 3 is 2.79 bits per heavy atom. The van der Waals surface area contributed by atoms with Gasteiger partial charge in [0.15, 0.2) is 0 Å². The molecule has 0 radical (unpaired) electrons. The van der Waals surface area contributed by atoms with Gasteiger partial charge in [0.2, 0.25) is 0 Å². The molecule has 0 saturated carbocycles. The number of hydrogen-bond donors (Lipinski definition) is 1. The van der Waals surface area contributed by atoms with Crippen molar-refractivity contribution in [2.75, 3.05) is 7.11 Å². The quantitative estimate of drug-likeness (QED) is 0.593. The summed E-state index contributed by atoms with van der Waals surface area (Å²) in [6.07, 6.45) is 0.266. The van der Waals surface area contributed by atoms with Crippen LogP contribution in [0.3, 0.4) is 0 Å². The van der Waals surface area contributed by atoms with Crippen LogP contribution in [0.5, 0.6) is 11.5 Å². The molecule has 0 spiro atoms. The third-order valence-electron chi connectivity index (χ3n) is 1.63. The van der Waals surface area contributed by atoms with Gasteiger partial charge < -0.3 is 14.6 Å². The number of benzene rings is 1. The lowest BCUT2D eigenvalue weighted by molar-refractivity contribution is 0.144. The molecule has 1 rings (SSSR count). The lowest BCUT2D eigenvalue weighted by Gasteiger charge is -2.06. The molecule has 0 aliphatic carbocycles. The fourth-order valence-electron chi connectivity index (χ4n) is 1.02. The monoisotopic (exact) mass is 194 g/mol. The van der Waals surface area contributed by atoms with Crippen molar-refractivity contribution in [3.8, 4) is 11.5 Å². The summed E-state index contributed by atoms with van der Waals surface area (Å²) < 4.78 is 9.47. The Balaban J connectivity index is 3.01. The number of carboxylic acid groups (broad SMARTS) is 1. The average molecular weight is 194 g/mol. The molecule has 0 aliphatic heterocycles. The van der Waals surface area contributed by atoms with Crippen LogP contribution in [0, 0.1) is 0 Å². The largest absolute Gasteiger partial charge is 0.511 e. The van der Waals surface area contributed by atoms with Crippen LogP contribution in [0.4, 0.5) is 4.79 Å². The Kier molecular flexibility index (Phi) is 3.12. The first-order chi connectivity index (χ1) is 6.67. The molecule has 14 heavy (non-hydrogen) atoms. The molecular weight excluding hydrogens is 184 g/mol. The Bertz CT molecular complexity index is 357. The van der Waals surface area contributed by atoms with Crippen molar-refractivity contribution in [1.29, 1.82) is 0 Å². The Hall–Kier alpha value is -1.97. The molecule has 74 valence electrons. The van der Waals surface area contributed by atoms with E-state index in [1.54, 1.807) is 12.1 Å². The van der Waals surface area contributed by atoms with Gasteiger partial charge in [-0.3, -0.25) is 0 Å². The molecule has 0 aromatic heterocycles. The van der Waals surface area contributed by atoms with Crippen molar-refractivity contribution in [3.63, 3.8) is 0 Å². The van der Waals surface area contributed by atoms with E-state index >= 15 is 0 Å². The number of methoxy groups -OCH3 is 1.